The van der Waals surface area contributed by atoms with E-state index in [0.717, 1.165) is 19.4 Å². The topological polar surface area (TPSA) is 60.2 Å². The lowest BCUT2D eigenvalue weighted by molar-refractivity contribution is -0.137. The molecule has 3 atom stereocenters. The Morgan fingerprint density at radius 2 is 2.04 bits per heavy atom. The molecule has 128 valence electrons. The summed E-state index contributed by atoms with van der Waals surface area (Å²) in [4.78, 5) is 18.8. The molecule has 3 N–H and O–H groups in total. The smallest absolute Gasteiger partial charge is 0.241 e. The molecule has 2 aliphatic rings. The van der Waals surface area contributed by atoms with Crippen LogP contribution in [0.1, 0.15) is 44.5 Å². The minimum absolute atomic E-state index is 0.117. The average Bonchev–Trinajstić information content (AvgIpc) is 3.16. The zero-order valence-electron chi connectivity index (χ0n) is 14.6. The number of para-hydroxylation sites is 1. The highest BCUT2D eigenvalue weighted by Crippen LogP contribution is 2.38. The van der Waals surface area contributed by atoms with Gasteiger partial charge in [-0.05, 0) is 37.3 Å². The van der Waals surface area contributed by atoms with Crippen molar-refractivity contribution in [1.82, 2.24) is 20.7 Å². The number of fused-ring (bicyclic) bond motifs is 3. The number of nitrogens with one attached hydrogen (secondary N) is 3. The molecule has 0 saturated carbocycles. The normalized spacial score (nSPS) is 27.0. The van der Waals surface area contributed by atoms with Crippen molar-refractivity contribution in [2.24, 2.45) is 5.92 Å². The SMILES string of the molecule is CC1CC(C(=O)N2CCc3c([nH]c4ccccc34)C2C(C)C)NN1. The highest BCUT2D eigenvalue weighted by Gasteiger charge is 2.39. The molecule has 1 saturated heterocycles. The summed E-state index contributed by atoms with van der Waals surface area (Å²) in [6.45, 7) is 7.30. The number of benzene rings is 1. The molecular weight excluding hydrogens is 300 g/mol. The number of hydrogen-bond donors (Lipinski definition) is 3. The molecular formula is C19H26N4O. The molecule has 3 unspecified atom stereocenters. The maximum absolute atomic E-state index is 13.1. The van der Waals surface area contributed by atoms with Crippen LogP contribution in [0.4, 0.5) is 0 Å². The van der Waals surface area contributed by atoms with E-state index in [-0.39, 0.29) is 18.0 Å². The van der Waals surface area contributed by atoms with E-state index < -0.39 is 0 Å². The fourth-order valence-corrected chi connectivity index (χ4v) is 4.29. The van der Waals surface area contributed by atoms with E-state index in [0.29, 0.717) is 12.0 Å². The molecule has 1 aromatic carbocycles. The predicted molar refractivity (Wildman–Crippen MR) is 95.4 cm³/mol. The van der Waals surface area contributed by atoms with Gasteiger partial charge in [-0.3, -0.25) is 10.2 Å². The first-order valence-electron chi connectivity index (χ1n) is 8.97. The van der Waals surface area contributed by atoms with Crippen LogP contribution in [0.2, 0.25) is 0 Å². The van der Waals surface area contributed by atoms with Crippen LogP contribution in [0.3, 0.4) is 0 Å². The molecule has 2 aromatic rings. The van der Waals surface area contributed by atoms with E-state index in [4.69, 9.17) is 0 Å². The van der Waals surface area contributed by atoms with Crippen LogP contribution in [-0.4, -0.2) is 34.4 Å². The molecule has 3 heterocycles. The van der Waals surface area contributed by atoms with Crippen LogP contribution < -0.4 is 10.9 Å². The molecule has 2 aliphatic heterocycles. The van der Waals surface area contributed by atoms with Crippen LogP contribution in [0.25, 0.3) is 10.9 Å². The van der Waals surface area contributed by atoms with Crippen LogP contribution in [0.15, 0.2) is 24.3 Å². The third-order valence-corrected chi connectivity index (χ3v) is 5.39. The number of amides is 1. The zero-order chi connectivity index (χ0) is 16.8. The van der Waals surface area contributed by atoms with Gasteiger partial charge in [-0.1, -0.05) is 32.0 Å². The molecule has 0 bridgehead atoms. The minimum Gasteiger partial charge on any atom is -0.356 e. The van der Waals surface area contributed by atoms with Crippen molar-refractivity contribution in [2.45, 2.75) is 51.7 Å². The molecule has 0 radical (unpaired) electrons. The van der Waals surface area contributed by atoms with Crippen LogP contribution >= 0.6 is 0 Å². The van der Waals surface area contributed by atoms with Crippen molar-refractivity contribution in [2.75, 3.05) is 6.54 Å². The highest BCUT2D eigenvalue weighted by molar-refractivity contribution is 5.87. The van der Waals surface area contributed by atoms with Gasteiger partial charge in [0.1, 0.15) is 6.04 Å². The molecule has 1 fully saturated rings. The fraction of sp³-hybridized carbons (Fsp3) is 0.526. The van der Waals surface area contributed by atoms with Crippen LogP contribution in [-0.2, 0) is 11.2 Å². The summed E-state index contributed by atoms with van der Waals surface area (Å²) in [6.07, 6.45) is 1.77. The van der Waals surface area contributed by atoms with E-state index in [1.165, 1.54) is 22.2 Å². The molecule has 0 spiro atoms. The lowest BCUT2D eigenvalue weighted by Crippen LogP contribution is -2.50. The van der Waals surface area contributed by atoms with E-state index >= 15 is 0 Å². The van der Waals surface area contributed by atoms with Crippen molar-refractivity contribution in [3.8, 4) is 0 Å². The van der Waals surface area contributed by atoms with Crippen molar-refractivity contribution in [3.05, 3.63) is 35.5 Å². The summed E-state index contributed by atoms with van der Waals surface area (Å²) in [7, 11) is 0. The number of aromatic nitrogens is 1. The maximum Gasteiger partial charge on any atom is 0.241 e. The van der Waals surface area contributed by atoms with E-state index in [9.17, 15) is 4.79 Å². The number of carbonyl (C=O) groups excluding carboxylic acids is 1. The number of H-pyrrole nitrogens is 1. The first kappa shape index (κ1) is 15.7. The summed E-state index contributed by atoms with van der Waals surface area (Å²) in [6, 6.07) is 8.80. The zero-order valence-corrected chi connectivity index (χ0v) is 14.6. The second-order valence-corrected chi connectivity index (χ2v) is 7.51. The fourth-order valence-electron chi connectivity index (χ4n) is 4.29. The molecule has 0 aliphatic carbocycles. The maximum atomic E-state index is 13.1. The number of hydrazine groups is 1. The summed E-state index contributed by atoms with van der Waals surface area (Å²) in [5, 5.41) is 1.31. The number of hydrogen-bond acceptors (Lipinski definition) is 3. The summed E-state index contributed by atoms with van der Waals surface area (Å²) in [5.41, 5.74) is 10.1. The first-order valence-corrected chi connectivity index (χ1v) is 8.97. The summed E-state index contributed by atoms with van der Waals surface area (Å²) >= 11 is 0. The third kappa shape index (κ3) is 2.43. The molecule has 24 heavy (non-hydrogen) atoms. The van der Waals surface area contributed by atoms with E-state index in [2.05, 4.69) is 65.8 Å². The molecule has 5 heteroatoms. The number of aromatic amines is 1. The second kappa shape index (κ2) is 5.90. The molecule has 4 rings (SSSR count). The Morgan fingerprint density at radius 1 is 1.25 bits per heavy atom. The lowest BCUT2D eigenvalue weighted by atomic mass is 9.89. The van der Waals surface area contributed by atoms with Gasteiger partial charge in [-0.25, -0.2) is 5.43 Å². The van der Waals surface area contributed by atoms with Crippen molar-refractivity contribution in [1.29, 1.82) is 0 Å². The van der Waals surface area contributed by atoms with Crippen molar-refractivity contribution >= 4 is 16.8 Å². The Bertz CT molecular complexity index is 766. The van der Waals surface area contributed by atoms with Gasteiger partial charge >= 0.3 is 0 Å². The van der Waals surface area contributed by atoms with Gasteiger partial charge in [-0.15, -0.1) is 0 Å². The van der Waals surface area contributed by atoms with Gasteiger partial charge in [0, 0.05) is 29.2 Å². The Labute approximate surface area is 142 Å². The van der Waals surface area contributed by atoms with Gasteiger partial charge < -0.3 is 9.88 Å². The van der Waals surface area contributed by atoms with Crippen molar-refractivity contribution < 1.29 is 4.79 Å². The van der Waals surface area contributed by atoms with E-state index in [1.54, 1.807) is 0 Å². The lowest BCUT2D eigenvalue weighted by Gasteiger charge is -2.39. The summed E-state index contributed by atoms with van der Waals surface area (Å²) in [5.74, 6) is 0.586. The van der Waals surface area contributed by atoms with E-state index in [1.807, 2.05) is 0 Å². The van der Waals surface area contributed by atoms with Crippen molar-refractivity contribution in [3.63, 3.8) is 0 Å². The largest absolute Gasteiger partial charge is 0.356 e. The molecule has 5 nitrogen and oxygen atoms in total. The summed E-state index contributed by atoms with van der Waals surface area (Å²) < 4.78 is 0. The number of nitrogens with zero attached hydrogens (tertiary/aromatic N) is 1. The number of rotatable bonds is 2. The van der Waals surface area contributed by atoms with Gasteiger partial charge in [-0.2, -0.15) is 0 Å². The Hall–Kier alpha value is -1.85. The Balaban J connectivity index is 1.71. The number of carbonyl (C=O) groups is 1. The molecule has 1 amide bonds. The Morgan fingerprint density at radius 3 is 2.75 bits per heavy atom. The van der Waals surface area contributed by atoms with Gasteiger partial charge in [0.25, 0.3) is 0 Å². The van der Waals surface area contributed by atoms with Gasteiger partial charge in [0.05, 0.1) is 6.04 Å². The minimum atomic E-state index is -0.118. The van der Waals surface area contributed by atoms with Crippen LogP contribution in [0.5, 0.6) is 0 Å². The highest BCUT2D eigenvalue weighted by atomic mass is 16.2. The quantitative estimate of drug-likeness (QED) is 0.795. The first-order chi connectivity index (χ1) is 11.6. The average molecular weight is 326 g/mol. The van der Waals surface area contributed by atoms with Gasteiger partial charge in [0.2, 0.25) is 5.91 Å². The Kier molecular flexibility index (Phi) is 3.85. The molecule has 1 aromatic heterocycles. The monoisotopic (exact) mass is 326 g/mol. The standard InChI is InChI=1S/C19H26N4O/c1-11(2)18-17-14(13-6-4-5-7-15(13)20-17)8-9-23(18)19(24)16-10-12(3)21-22-16/h4-7,11-12,16,18,20-22H,8-10H2,1-3H3. The predicted octanol–water partition coefficient (Wildman–Crippen LogP) is 2.50. The third-order valence-electron chi connectivity index (χ3n) is 5.39. The van der Waals surface area contributed by atoms with Gasteiger partial charge in [0.15, 0.2) is 0 Å². The van der Waals surface area contributed by atoms with Crippen LogP contribution in [0, 0.1) is 5.92 Å². The second-order valence-electron chi connectivity index (χ2n) is 7.51.